The molecule has 18 heavy (non-hydrogen) atoms. The first-order chi connectivity index (χ1) is 8.65. The van der Waals surface area contributed by atoms with E-state index < -0.39 is 11.8 Å². The maximum absolute atomic E-state index is 13.3. The summed E-state index contributed by atoms with van der Waals surface area (Å²) in [5.74, 6) is -0.838. The standard InChI is InChI=1S/C14H17FO2S/c15-12-7-10(6-11(8-12)14(16)17)9-18-13-4-2-1-3-5-13/h6-8,13H,1-5,9H2,(H,16,17). The van der Waals surface area contributed by atoms with E-state index >= 15 is 0 Å². The summed E-state index contributed by atoms with van der Waals surface area (Å²) in [6.45, 7) is 0. The molecule has 0 radical (unpaired) electrons. The second kappa shape index (κ2) is 6.23. The smallest absolute Gasteiger partial charge is 0.335 e. The third kappa shape index (κ3) is 3.73. The number of hydrogen-bond acceptors (Lipinski definition) is 2. The average molecular weight is 268 g/mol. The van der Waals surface area contributed by atoms with Gasteiger partial charge in [0.15, 0.2) is 0 Å². The molecule has 1 N–H and O–H groups in total. The van der Waals surface area contributed by atoms with Crippen molar-refractivity contribution in [2.75, 3.05) is 0 Å². The summed E-state index contributed by atoms with van der Waals surface area (Å²) in [5.41, 5.74) is 0.803. The molecule has 0 bridgehead atoms. The van der Waals surface area contributed by atoms with Crippen LogP contribution in [0.2, 0.25) is 0 Å². The Morgan fingerprint density at radius 3 is 2.67 bits per heavy atom. The minimum absolute atomic E-state index is 0.0363. The maximum atomic E-state index is 13.3. The van der Waals surface area contributed by atoms with Gasteiger partial charge in [0.2, 0.25) is 0 Å². The Morgan fingerprint density at radius 2 is 2.00 bits per heavy atom. The van der Waals surface area contributed by atoms with Gasteiger partial charge >= 0.3 is 5.97 Å². The van der Waals surface area contributed by atoms with Crippen LogP contribution in [0.5, 0.6) is 0 Å². The van der Waals surface area contributed by atoms with E-state index in [4.69, 9.17) is 5.11 Å². The summed E-state index contributed by atoms with van der Waals surface area (Å²) >= 11 is 1.82. The van der Waals surface area contributed by atoms with Crippen LogP contribution in [0.3, 0.4) is 0 Å². The van der Waals surface area contributed by atoms with Crippen LogP contribution in [0.1, 0.15) is 48.0 Å². The molecule has 4 heteroatoms. The molecule has 0 aliphatic heterocycles. The van der Waals surface area contributed by atoms with Crippen LogP contribution >= 0.6 is 11.8 Å². The SMILES string of the molecule is O=C(O)c1cc(F)cc(CSC2CCCCC2)c1. The lowest BCUT2D eigenvalue weighted by Crippen LogP contribution is -2.08. The molecule has 1 fully saturated rings. The zero-order valence-corrected chi connectivity index (χ0v) is 11.0. The molecule has 0 amide bonds. The molecule has 1 aromatic rings. The van der Waals surface area contributed by atoms with Crippen molar-refractivity contribution in [3.8, 4) is 0 Å². The predicted octanol–water partition coefficient (Wildman–Crippen LogP) is 4.09. The van der Waals surface area contributed by atoms with Gasteiger partial charge in [0, 0.05) is 11.0 Å². The molecule has 2 rings (SSSR count). The number of thioether (sulfide) groups is 1. The monoisotopic (exact) mass is 268 g/mol. The van der Waals surface area contributed by atoms with Gasteiger partial charge in [-0.3, -0.25) is 0 Å². The number of halogens is 1. The highest BCUT2D eigenvalue weighted by Gasteiger charge is 2.14. The summed E-state index contributed by atoms with van der Waals surface area (Å²) in [4.78, 5) is 10.8. The third-order valence-electron chi connectivity index (χ3n) is 3.24. The van der Waals surface area contributed by atoms with Gasteiger partial charge in [-0.2, -0.15) is 11.8 Å². The molecule has 0 heterocycles. The van der Waals surface area contributed by atoms with Gasteiger partial charge in [-0.15, -0.1) is 0 Å². The van der Waals surface area contributed by atoms with Crippen molar-refractivity contribution in [1.29, 1.82) is 0 Å². The number of carboxylic acid groups (broad SMARTS) is 1. The van der Waals surface area contributed by atoms with Crippen molar-refractivity contribution in [2.24, 2.45) is 0 Å². The second-order valence-corrected chi connectivity index (χ2v) is 6.01. The van der Waals surface area contributed by atoms with E-state index in [9.17, 15) is 9.18 Å². The van der Waals surface area contributed by atoms with Crippen molar-refractivity contribution in [3.63, 3.8) is 0 Å². The largest absolute Gasteiger partial charge is 0.478 e. The van der Waals surface area contributed by atoms with E-state index in [2.05, 4.69) is 0 Å². The molecular weight excluding hydrogens is 251 g/mol. The van der Waals surface area contributed by atoms with Crippen LogP contribution in [-0.2, 0) is 5.75 Å². The summed E-state index contributed by atoms with van der Waals surface area (Å²) in [5, 5.41) is 9.53. The quantitative estimate of drug-likeness (QED) is 0.893. The van der Waals surface area contributed by atoms with E-state index in [0.717, 1.165) is 11.6 Å². The van der Waals surface area contributed by atoms with Gasteiger partial charge in [0.1, 0.15) is 5.82 Å². The Labute approximate surface area is 111 Å². The van der Waals surface area contributed by atoms with Crippen LogP contribution in [0.15, 0.2) is 18.2 Å². The van der Waals surface area contributed by atoms with E-state index in [-0.39, 0.29) is 5.56 Å². The van der Waals surface area contributed by atoms with E-state index in [1.807, 2.05) is 11.8 Å². The van der Waals surface area contributed by atoms with Crippen LogP contribution < -0.4 is 0 Å². The zero-order chi connectivity index (χ0) is 13.0. The van der Waals surface area contributed by atoms with E-state index in [1.165, 1.54) is 38.2 Å². The van der Waals surface area contributed by atoms with Crippen LogP contribution in [0.25, 0.3) is 0 Å². The Morgan fingerprint density at radius 1 is 1.28 bits per heavy atom. The topological polar surface area (TPSA) is 37.3 Å². The van der Waals surface area contributed by atoms with Crippen molar-refractivity contribution >= 4 is 17.7 Å². The lowest BCUT2D eigenvalue weighted by Gasteiger charge is -2.20. The van der Waals surface area contributed by atoms with Gasteiger partial charge in [-0.25, -0.2) is 9.18 Å². The number of hydrogen-bond donors (Lipinski definition) is 1. The van der Waals surface area contributed by atoms with Crippen LogP contribution in [0.4, 0.5) is 4.39 Å². The number of carboxylic acids is 1. The number of carbonyl (C=O) groups is 1. The molecule has 0 atom stereocenters. The highest BCUT2D eigenvalue weighted by Crippen LogP contribution is 2.30. The number of rotatable bonds is 4. The van der Waals surface area contributed by atoms with E-state index in [0.29, 0.717) is 11.0 Å². The van der Waals surface area contributed by atoms with Crippen molar-refractivity contribution in [1.82, 2.24) is 0 Å². The fraction of sp³-hybridized carbons (Fsp3) is 0.500. The molecule has 1 saturated carbocycles. The number of aromatic carboxylic acids is 1. The Balaban J connectivity index is 1.97. The van der Waals surface area contributed by atoms with Gasteiger partial charge in [-0.05, 0) is 36.6 Å². The second-order valence-electron chi connectivity index (χ2n) is 4.72. The highest BCUT2D eigenvalue weighted by atomic mass is 32.2. The Kier molecular flexibility index (Phi) is 4.64. The average Bonchev–Trinajstić information content (AvgIpc) is 2.37. The van der Waals surface area contributed by atoms with Crippen molar-refractivity contribution in [3.05, 3.63) is 35.1 Å². The van der Waals surface area contributed by atoms with Gasteiger partial charge in [0.25, 0.3) is 0 Å². The summed E-state index contributed by atoms with van der Waals surface area (Å²) in [7, 11) is 0. The van der Waals surface area contributed by atoms with E-state index in [1.54, 1.807) is 6.07 Å². The fourth-order valence-corrected chi connectivity index (χ4v) is 3.56. The molecular formula is C14H17FO2S. The van der Waals surface area contributed by atoms with Crippen molar-refractivity contribution < 1.29 is 14.3 Å². The Hall–Kier alpha value is -1.03. The Bertz CT molecular complexity index is 428. The number of benzene rings is 1. The summed E-state index contributed by atoms with van der Waals surface area (Å²) in [6, 6.07) is 4.07. The molecule has 0 spiro atoms. The van der Waals surface area contributed by atoms with Gasteiger partial charge < -0.3 is 5.11 Å². The minimum atomic E-state index is -1.07. The lowest BCUT2D eigenvalue weighted by molar-refractivity contribution is 0.0696. The lowest BCUT2D eigenvalue weighted by atomic mass is 10.0. The predicted molar refractivity (Wildman–Crippen MR) is 71.5 cm³/mol. The molecule has 2 nitrogen and oxygen atoms in total. The zero-order valence-electron chi connectivity index (χ0n) is 10.2. The van der Waals surface area contributed by atoms with Gasteiger partial charge in [0.05, 0.1) is 5.56 Å². The first kappa shape index (κ1) is 13.4. The minimum Gasteiger partial charge on any atom is -0.478 e. The summed E-state index contributed by atoms with van der Waals surface area (Å²) in [6.07, 6.45) is 6.33. The molecule has 0 unspecified atom stereocenters. The van der Waals surface area contributed by atoms with Crippen molar-refractivity contribution in [2.45, 2.75) is 43.1 Å². The molecule has 1 aromatic carbocycles. The highest BCUT2D eigenvalue weighted by molar-refractivity contribution is 7.99. The molecule has 1 aliphatic carbocycles. The van der Waals surface area contributed by atoms with Gasteiger partial charge in [-0.1, -0.05) is 19.3 Å². The molecule has 0 aromatic heterocycles. The molecule has 0 saturated heterocycles. The third-order valence-corrected chi connectivity index (χ3v) is 4.69. The molecule has 98 valence electrons. The maximum Gasteiger partial charge on any atom is 0.335 e. The first-order valence-corrected chi connectivity index (χ1v) is 7.34. The molecule has 1 aliphatic rings. The normalized spacial score (nSPS) is 16.7. The van der Waals surface area contributed by atoms with Crippen LogP contribution in [-0.4, -0.2) is 16.3 Å². The summed E-state index contributed by atoms with van der Waals surface area (Å²) < 4.78 is 13.3. The first-order valence-electron chi connectivity index (χ1n) is 6.29. The van der Waals surface area contributed by atoms with Crippen LogP contribution in [0, 0.1) is 5.82 Å². The fourth-order valence-electron chi connectivity index (χ4n) is 2.30.